The summed E-state index contributed by atoms with van der Waals surface area (Å²) in [6.45, 7) is 5.36. The van der Waals surface area contributed by atoms with E-state index < -0.39 is 0 Å². The molecule has 2 heteroatoms. The van der Waals surface area contributed by atoms with Crippen molar-refractivity contribution >= 4 is 0 Å². The highest BCUT2D eigenvalue weighted by Gasteiger charge is 2.07. The van der Waals surface area contributed by atoms with Gasteiger partial charge in [-0.25, -0.2) is 0 Å². The molecule has 1 aromatic carbocycles. The topological polar surface area (TPSA) is 32.3 Å². The van der Waals surface area contributed by atoms with Crippen LogP contribution in [0.5, 0.6) is 5.75 Å². The van der Waals surface area contributed by atoms with Crippen LogP contribution >= 0.6 is 0 Å². The zero-order valence-corrected chi connectivity index (χ0v) is 11.1. The minimum absolute atomic E-state index is 0.224. The number of aromatic hydroxyl groups is 1. The molecule has 0 heterocycles. The fourth-order valence-corrected chi connectivity index (χ4v) is 2.01. The number of hydrogen-bond acceptors (Lipinski definition) is 2. The quantitative estimate of drug-likeness (QED) is 0.667. The van der Waals surface area contributed by atoms with E-state index in [4.69, 9.17) is 0 Å². The first-order valence-electron chi connectivity index (χ1n) is 6.77. The molecule has 2 nitrogen and oxygen atoms in total. The van der Waals surface area contributed by atoms with Crippen molar-refractivity contribution in [2.24, 2.45) is 0 Å². The van der Waals surface area contributed by atoms with Crippen molar-refractivity contribution in [1.29, 1.82) is 0 Å². The molecule has 0 saturated carbocycles. The molecule has 0 fully saturated rings. The fraction of sp³-hybridized carbons (Fsp3) is 0.600. The number of unbranched alkanes of at least 4 members (excludes halogenated alkanes) is 4. The molecule has 1 aromatic rings. The van der Waals surface area contributed by atoms with E-state index >= 15 is 0 Å². The summed E-state index contributed by atoms with van der Waals surface area (Å²) in [6.07, 6.45) is 6.49. The van der Waals surface area contributed by atoms with Gasteiger partial charge in [-0.2, -0.15) is 0 Å². The zero-order chi connectivity index (χ0) is 12.5. The highest BCUT2D eigenvalue weighted by Crippen LogP contribution is 2.22. The van der Waals surface area contributed by atoms with E-state index in [0.717, 1.165) is 12.1 Å². The van der Waals surface area contributed by atoms with Crippen LogP contribution < -0.4 is 5.32 Å². The SMILES string of the molecule is CCCCCCCNC(C)c1ccccc1O. The first kappa shape index (κ1) is 14.0. The van der Waals surface area contributed by atoms with Crippen LogP contribution in [-0.2, 0) is 0 Å². The lowest BCUT2D eigenvalue weighted by molar-refractivity contribution is 0.450. The van der Waals surface area contributed by atoms with Crippen LogP contribution in [-0.4, -0.2) is 11.7 Å². The smallest absolute Gasteiger partial charge is 0.120 e. The fourth-order valence-electron chi connectivity index (χ4n) is 2.01. The Bertz CT molecular complexity index is 312. The summed E-state index contributed by atoms with van der Waals surface area (Å²) < 4.78 is 0. The number of nitrogens with one attached hydrogen (secondary N) is 1. The second kappa shape index (κ2) is 8.13. The number of rotatable bonds is 8. The molecule has 0 aliphatic rings. The molecule has 0 amide bonds. The van der Waals surface area contributed by atoms with Crippen LogP contribution in [0.2, 0.25) is 0 Å². The molecule has 1 atom stereocenters. The lowest BCUT2D eigenvalue weighted by Gasteiger charge is -2.15. The number of phenolic OH excluding ortho intramolecular Hbond substituents is 1. The molecule has 0 radical (unpaired) electrons. The zero-order valence-electron chi connectivity index (χ0n) is 11.1. The van der Waals surface area contributed by atoms with Gasteiger partial charge < -0.3 is 10.4 Å². The summed E-state index contributed by atoms with van der Waals surface area (Å²) in [4.78, 5) is 0. The molecule has 2 N–H and O–H groups in total. The van der Waals surface area contributed by atoms with Gasteiger partial charge >= 0.3 is 0 Å². The molecule has 96 valence electrons. The van der Waals surface area contributed by atoms with Crippen LogP contribution in [0.4, 0.5) is 0 Å². The van der Waals surface area contributed by atoms with Gasteiger partial charge in [0, 0.05) is 11.6 Å². The molecule has 1 rings (SSSR count). The Labute approximate surface area is 105 Å². The lowest BCUT2D eigenvalue weighted by atomic mass is 10.1. The molecule has 0 saturated heterocycles. The summed E-state index contributed by atoms with van der Waals surface area (Å²) in [5, 5.41) is 13.2. The number of benzene rings is 1. The van der Waals surface area contributed by atoms with Crippen LogP contribution in [0.25, 0.3) is 0 Å². The summed E-state index contributed by atoms with van der Waals surface area (Å²) in [7, 11) is 0. The maximum atomic E-state index is 9.71. The van der Waals surface area contributed by atoms with E-state index in [9.17, 15) is 5.11 Å². The Morgan fingerprint density at radius 1 is 1.12 bits per heavy atom. The minimum atomic E-state index is 0.224. The number of phenols is 1. The van der Waals surface area contributed by atoms with Crippen LogP contribution in [0.3, 0.4) is 0 Å². The second-order valence-corrected chi connectivity index (χ2v) is 4.65. The standard InChI is InChI=1S/C15H25NO/c1-3-4-5-6-9-12-16-13(2)14-10-7-8-11-15(14)17/h7-8,10-11,13,16-17H,3-6,9,12H2,1-2H3. The van der Waals surface area contributed by atoms with Gasteiger partial charge in [-0.05, 0) is 26.0 Å². The third-order valence-electron chi connectivity index (χ3n) is 3.13. The maximum Gasteiger partial charge on any atom is 0.120 e. The average molecular weight is 235 g/mol. The van der Waals surface area contributed by atoms with E-state index in [-0.39, 0.29) is 6.04 Å². The van der Waals surface area contributed by atoms with Crippen LogP contribution in [0.15, 0.2) is 24.3 Å². The third-order valence-corrected chi connectivity index (χ3v) is 3.13. The first-order valence-corrected chi connectivity index (χ1v) is 6.77. The summed E-state index contributed by atoms with van der Waals surface area (Å²) >= 11 is 0. The summed E-state index contributed by atoms with van der Waals surface area (Å²) in [5.41, 5.74) is 0.987. The Morgan fingerprint density at radius 2 is 1.82 bits per heavy atom. The normalized spacial score (nSPS) is 12.6. The van der Waals surface area contributed by atoms with Crippen molar-refractivity contribution in [2.45, 2.75) is 52.0 Å². The van der Waals surface area contributed by atoms with Crippen molar-refractivity contribution in [2.75, 3.05) is 6.54 Å². The first-order chi connectivity index (χ1) is 8.25. The monoisotopic (exact) mass is 235 g/mol. The van der Waals surface area contributed by atoms with Gasteiger partial charge in [0.15, 0.2) is 0 Å². The summed E-state index contributed by atoms with van der Waals surface area (Å²) in [5.74, 6) is 0.387. The van der Waals surface area contributed by atoms with Crippen molar-refractivity contribution in [3.8, 4) is 5.75 Å². The molecule has 0 aliphatic heterocycles. The van der Waals surface area contributed by atoms with Crippen LogP contribution in [0.1, 0.15) is 57.6 Å². The van der Waals surface area contributed by atoms with Crippen LogP contribution in [0, 0.1) is 0 Å². The molecule has 0 aliphatic carbocycles. The molecular formula is C15H25NO. The predicted octanol–water partition coefficient (Wildman–Crippen LogP) is 4.01. The third kappa shape index (κ3) is 5.22. The molecule has 1 unspecified atom stereocenters. The van der Waals surface area contributed by atoms with Gasteiger partial charge in [-0.15, -0.1) is 0 Å². The minimum Gasteiger partial charge on any atom is -0.508 e. The maximum absolute atomic E-state index is 9.71. The highest BCUT2D eigenvalue weighted by molar-refractivity contribution is 5.33. The predicted molar refractivity (Wildman–Crippen MR) is 73.3 cm³/mol. The second-order valence-electron chi connectivity index (χ2n) is 4.65. The van der Waals surface area contributed by atoms with E-state index in [1.165, 1.54) is 32.1 Å². The van der Waals surface area contributed by atoms with Gasteiger partial charge in [-0.3, -0.25) is 0 Å². The lowest BCUT2D eigenvalue weighted by Crippen LogP contribution is -2.19. The number of hydrogen-bond donors (Lipinski definition) is 2. The molecule has 0 aromatic heterocycles. The van der Waals surface area contributed by atoms with Crippen molar-refractivity contribution < 1.29 is 5.11 Å². The molecule has 0 bridgehead atoms. The Balaban J connectivity index is 2.21. The molecule has 0 spiro atoms. The molecular weight excluding hydrogens is 210 g/mol. The molecule has 17 heavy (non-hydrogen) atoms. The Kier molecular flexibility index (Phi) is 6.71. The average Bonchev–Trinajstić information content (AvgIpc) is 2.34. The highest BCUT2D eigenvalue weighted by atomic mass is 16.3. The van der Waals surface area contributed by atoms with Gasteiger partial charge in [0.2, 0.25) is 0 Å². The summed E-state index contributed by atoms with van der Waals surface area (Å²) in [6, 6.07) is 7.77. The van der Waals surface area contributed by atoms with E-state index in [2.05, 4.69) is 19.2 Å². The largest absolute Gasteiger partial charge is 0.508 e. The van der Waals surface area contributed by atoms with E-state index in [0.29, 0.717) is 5.75 Å². The van der Waals surface area contributed by atoms with Gasteiger partial charge in [0.05, 0.1) is 0 Å². The van der Waals surface area contributed by atoms with E-state index in [1.807, 2.05) is 18.2 Å². The number of para-hydroxylation sites is 1. The van der Waals surface area contributed by atoms with E-state index in [1.54, 1.807) is 6.07 Å². The Morgan fingerprint density at radius 3 is 2.53 bits per heavy atom. The van der Waals surface area contributed by atoms with Gasteiger partial charge in [-0.1, -0.05) is 50.8 Å². The Hall–Kier alpha value is -1.02. The van der Waals surface area contributed by atoms with Gasteiger partial charge in [0.25, 0.3) is 0 Å². The van der Waals surface area contributed by atoms with Crippen molar-refractivity contribution in [1.82, 2.24) is 5.32 Å². The van der Waals surface area contributed by atoms with Crippen molar-refractivity contribution in [3.05, 3.63) is 29.8 Å². The van der Waals surface area contributed by atoms with Gasteiger partial charge in [0.1, 0.15) is 5.75 Å². The van der Waals surface area contributed by atoms with Crippen molar-refractivity contribution in [3.63, 3.8) is 0 Å².